The molecule has 25 heavy (non-hydrogen) atoms. The molecular formula is C19H23N3O3. The molecule has 6 nitrogen and oxygen atoms in total. The number of β-amino-alcohol motifs (C(OH)–C–C–N with tert-alkyl or cyclic N) is 1. The predicted molar refractivity (Wildman–Crippen MR) is 96.5 cm³/mol. The molecule has 1 saturated heterocycles. The van der Waals surface area contributed by atoms with Gasteiger partial charge in [0.15, 0.2) is 0 Å². The normalized spacial score (nSPS) is 16.6. The van der Waals surface area contributed by atoms with Crippen LogP contribution in [0.2, 0.25) is 0 Å². The third-order valence-corrected chi connectivity index (χ3v) is 4.41. The van der Waals surface area contributed by atoms with Gasteiger partial charge in [0.2, 0.25) is 0 Å². The number of benzene rings is 1. The van der Waals surface area contributed by atoms with Crippen LogP contribution in [0.15, 0.2) is 47.3 Å². The van der Waals surface area contributed by atoms with Gasteiger partial charge in [-0.25, -0.2) is 0 Å². The van der Waals surface area contributed by atoms with Crippen LogP contribution < -0.4 is 5.56 Å². The molecule has 1 aliphatic heterocycles. The van der Waals surface area contributed by atoms with E-state index in [1.807, 2.05) is 30.3 Å². The van der Waals surface area contributed by atoms with Crippen LogP contribution in [0.5, 0.6) is 0 Å². The zero-order valence-electron chi connectivity index (χ0n) is 14.3. The van der Waals surface area contributed by atoms with Crippen molar-refractivity contribution in [1.82, 2.24) is 14.8 Å². The van der Waals surface area contributed by atoms with Gasteiger partial charge in [-0.3, -0.25) is 14.5 Å². The van der Waals surface area contributed by atoms with Crippen molar-refractivity contribution in [1.29, 1.82) is 0 Å². The van der Waals surface area contributed by atoms with E-state index in [1.165, 1.54) is 0 Å². The largest absolute Gasteiger partial charge is 0.392 e. The van der Waals surface area contributed by atoms with Gasteiger partial charge in [0.05, 0.1) is 6.10 Å². The van der Waals surface area contributed by atoms with Crippen molar-refractivity contribution in [2.24, 2.45) is 0 Å². The number of hydrogen-bond donors (Lipinski definition) is 2. The van der Waals surface area contributed by atoms with Crippen molar-refractivity contribution >= 4 is 5.91 Å². The van der Waals surface area contributed by atoms with Crippen LogP contribution in [-0.2, 0) is 0 Å². The van der Waals surface area contributed by atoms with Crippen molar-refractivity contribution < 1.29 is 9.90 Å². The fourth-order valence-corrected chi connectivity index (χ4v) is 3.11. The third kappa shape index (κ3) is 4.15. The van der Waals surface area contributed by atoms with Gasteiger partial charge in [0.25, 0.3) is 11.5 Å². The van der Waals surface area contributed by atoms with Crippen molar-refractivity contribution in [2.45, 2.75) is 13.0 Å². The number of amides is 1. The highest BCUT2D eigenvalue weighted by Crippen LogP contribution is 2.15. The highest BCUT2D eigenvalue weighted by Gasteiger charge is 2.24. The highest BCUT2D eigenvalue weighted by molar-refractivity contribution is 5.94. The quantitative estimate of drug-likeness (QED) is 0.876. The Balaban J connectivity index is 1.70. The van der Waals surface area contributed by atoms with Gasteiger partial charge in [-0.2, -0.15) is 0 Å². The van der Waals surface area contributed by atoms with Gasteiger partial charge in [0, 0.05) is 38.4 Å². The Bertz CT molecular complexity index is 778. The number of aliphatic hydroxyl groups is 1. The number of carbonyl (C=O) groups is 1. The Morgan fingerprint density at radius 2 is 1.80 bits per heavy atom. The van der Waals surface area contributed by atoms with Crippen LogP contribution in [0.3, 0.4) is 0 Å². The average molecular weight is 341 g/mol. The summed E-state index contributed by atoms with van der Waals surface area (Å²) in [6.45, 7) is 4.89. The number of pyridine rings is 1. The summed E-state index contributed by atoms with van der Waals surface area (Å²) < 4.78 is 0. The van der Waals surface area contributed by atoms with E-state index in [0.717, 1.165) is 5.56 Å². The van der Waals surface area contributed by atoms with Crippen molar-refractivity contribution in [2.75, 3.05) is 32.7 Å². The standard InChI is InChI=1S/C19H23N3O3/c1-14(23)13-21-9-11-22(12-10-21)19(25)16-7-8-17(20-18(16)24)15-5-3-2-4-6-15/h2-8,14,23H,9-13H2,1H3,(H,20,24). The molecule has 2 N–H and O–H groups in total. The zero-order valence-corrected chi connectivity index (χ0v) is 14.3. The van der Waals surface area contributed by atoms with Crippen LogP contribution in [0.1, 0.15) is 17.3 Å². The molecule has 0 radical (unpaired) electrons. The van der Waals surface area contributed by atoms with Gasteiger partial charge in [-0.1, -0.05) is 30.3 Å². The number of aromatic nitrogens is 1. The zero-order chi connectivity index (χ0) is 17.8. The number of nitrogens with one attached hydrogen (secondary N) is 1. The fourth-order valence-electron chi connectivity index (χ4n) is 3.11. The molecule has 0 bridgehead atoms. The number of carbonyl (C=O) groups excluding carboxylic acids is 1. The number of rotatable bonds is 4. The van der Waals surface area contributed by atoms with E-state index in [-0.39, 0.29) is 23.1 Å². The van der Waals surface area contributed by atoms with E-state index < -0.39 is 0 Å². The molecule has 1 fully saturated rings. The minimum Gasteiger partial charge on any atom is -0.392 e. The molecule has 0 saturated carbocycles. The molecule has 1 aromatic heterocycles. The summed E-state index contributed by atoms with van der Waals surface area (Å²) in [5, 5.41) is 9.45. The average Bonchev–Trinajstić information content (AvgIpc) is 2.62. The van der Waals surface area contributed by atoms with E-state index >= 15 is 0 Å². The second-order valence-electron chi connectivity index (χ2n) is 6.42. The number of hydrogen-bond acceptors (Lipinski definition) is 4. The van der Waals surface area contributed by atoms with Gasteiger partial charge in [0.1, 0.15) is 5.56 Å². The summed E-state index contributed by atoms with van der Waals surface area (Å²) in [4.78, 5) is 31.6. The number of aliphatic hydroxyl groups excluding tert-OH is 1. The van der Waals surface area contributed by atoms with Gasteiger partial charge < -0.3 is 15.0 Å². The lowest BCUT2D eigenvalue weighted by Crippen LogP contribution is -2.50. The summed E-state index contributed by atoms with van der Waals surface area (Å²) in [6.07, 6.45) is -0.379. The number of piperazine rings is 1. The molecule has 1 amide bonds. The van der Waals surface area contributed by atoms with Gasteiger partial charge >= 0.3 is 0 Å². The van der Waals surface area contributed by atoms with Crippen molar-refractivity contribution in [3.63, 3.8) is 0 Å². The summed E-state index contributed by atoms with van der Waals surface area (Å²) in [5.74, 6) is -0.238. The van der Waals surface area contributed by atoms with Crippen LogP contribution in [-0.4, -0.2) is 64.6 Å². The Kier molecular flexibility index (Phi) is 5.31. The number of aromatic amines is 1. The van der Waals surface area contributed by atoms with E-state index in [2.05, 4.69) is 9.88 Å². The molecule has 2 aromatic rings. The van der Waals surface area contributed by atoms with E-state index in [0.29, 0.717) is 38.4 Å². The second kappa shape index (κ2) is 7.63. The molecule has 1 unspecified atom stereocenters. The molecule has 1 atom stereocenters. The first-order valence-corrected chi connectivity index (χ1v) is 8.53. The lowest BCUT2D eigenvalue weighted by atomic mass is 10.1. The summed E-state index contributed by atoms with van der Waals surface area (Å²) in [7, 11) is 0. The van der Waals surface area contributed by atoms with Crippen molar-refractivity contribution in [3.8, 4) is 11.3 Å². The first-order chi connectivity index (χ1) is 12.0. The number of nitrogens with zero attached hydrogens (tertiary/aromatic N) is 2. The topological polar surface area (TPSA) is 76.6 Å². The Labute approximate surface area is 146 Å². The summed E-state index contributed by atoms with van der Waals surface area (Å²) in [5.41, 5.74) is 1.41. The monoisotopic (exact) mass is 341 g/mol. The Morgan fingerprint density at radius 1 is 1.12 bits per heavy atom. The SMILES string of the molecule is CC(O)CN1CCN(C(=O)c2ccc(-c3ccccc3)[nH]c2=O)CC1. The highest BCUT2D eigenvalue weighted by atomic mass is 16.3. The second-order valence-corrected chi connectivity index (χ2v) is 6.42. The summed E-state index contributed by atoms with van der Waals surface area (Å²) in [6, 6.07) is 12.9. The Morgan fingerprint density at radius 3 is 2.40 bits per heavy atom. The maximum absolute atomic E-state index is 12.6. The molecule has 6 heteroatoms. The van der Waals surface area contributed by atoms with E-state index in [1.54, 1.807) is 24.0 Å². The maximum atomic E-state index is 12.6. The molecule has 132 valence electrons. The Hall–Kier alpha value is -2.44. The molecule has 3 rings (SSSR count). The van der Waals surface area contributed by atoms with Crippen LogP contribution >= 0.6 is 0 Å². The summed E-state index contributed by atoms with van der Waals surface area (Å²) >= 11 is 0. The van der Waals surface area contributed by atoms with Crippen molar-refractivity contribution in [3.05, 3.63) is 58.4 Å². The van der Waals surface area contributed by atoms with Crippen LogP contribution in [0.25, 0.3) is 11.3 Å². The maximum Gasteiger partial charge on any atom is 0.261 e. The smallest absolute Gasteiger partial charge is 0.261 e. The van der Waals surface area contributed by atoms with Crippen LogP contribution in [0, 0.1) is 0 Å². The molecule has 0 aliphatic carbocycles. The van der Waals surface area contributed by atoms with E-state index in [4.69, 9.17) is 0 Å². The van der Waals surface area contributed by atoms with Gasteiger partial charge in [-0.15, -0.1) is 0 Å². The molecule has 2 heterocycles. The lowest BCUT2D eigenvalue weighted by molar-refractivity contribution is 0.0552. The molecular weight excluding hydrogens is 318 g/mol. The molecule has 0 spiro atoms. The predicted octanol–water partition coefficient (Wildman–Crippen LogP) is 1.18. The minimum absolute atomic E-state index is 0.170. The number of H-pyrrole nitrogens is 1. The molecule has 1 aliphatic rings. The van der Waals surface area contributed by atoms with E-state index in [9.17, 15) is 14.7 Å². The van der Waals surface area contributed by atoms with Gasteiger partial charge in [-0.05, 0) is 24.6 Å². The lowest BCUT2D eigenvalue weighted by Gasteiger charge is -2.35. The minimum atomic E-state index is -0.379. The molecule has 1 aromatic carbocycles. The fraction of sp³-hybridized carbons (Fsp3) is 0.368. The van der Waals surface area contributed by atoms with Crippen LogP contribution in [0.4, 0.5) is 0 Å². The first kappa shape index (κ1) is 17.4. The first-order valence-electron chi connectivity index (χ1n) is 8.53. The third-order valence-electron chi connectivity index (χ3n) is 4.41.